The number of nitrogens with one attached hydrogen (secondary N) is 2. The predicted molar refractivity (Wildman–Crippen MR) is 137 cm³/mol. The number of hydrogen-bond donors (Lipinski definition) is 2. The van der Waals surface area contributed by atoms with Gasteiger partial charge in [0.1, 0.15) is 24.1 Å². The van der Waals surface area contributed by atoms with Crippen LogP contribution in [0.4, 0.5) is 0 Å². The van der Waals surface area contributed by atoms with Crippen molar-refractivity contribution in [3.8, 4) is 17.6 Å². The molecule has 3 aromatic rings. The Kier molecular flexibility index (Phi) is 9.18. The summed E-state index contributed by atoms with van der Waals surface area (Å²) in [6.45, 7) is 3.89. The fraction of sp³-hybridized carbons (Fsp3) is 0.214. The molecule has 1 unspecified atom stereocenters. The number of carbonyl (C=O) groups excluding carboxylic acids is 2. The maximum absolute atomic E-state index is 12.8. The minimum Gasteiger partial charge on any atom is -0.497 e. The molecule has 0 aliphatic rings. The van der Waals surface area contributed by atoms with Gasteiger partial charge < -0.3 is 14.8 Å². The van der Waals surface area contributed by atoms with Gasteiger partial charge in [-0.05, 0) is 48.4 Å². The van der Waals surface area contributed by atoms with Crippen LogP contribution in [0.25, 0.3) is 0 Å². The van der Waals surface area contributed by atoms with Crippen molar-refractivity contribution in [1.82, 2.24) is 10.7 Å². The lowest BCUT2D eigenvalue weighted by Crippen LogP contribution is -2.48. The first-order valence-electron chi connectivity index (χ1n) is 11.4. The Morgan fingerprint density at radius 1 is 1.03 bits per heavy atom. The molecule has 8 nitrogen and oxygen atoms in total. The number of hydrogen-bond acceptors (Lipinski definition) is 6. The lowest BCUT2D eigenvalue weighted by atomic mass is 10.0. The number of nitriles is 1. The minimum atomic E-state index is -0.786. The Labute approximate surface area is 210 Å². The zero-order valence-electron chi connectivity index (χ0n) is 20.4. The molecule has 0 bridgehead atoms. The molecular formula is C28H28N4O4. The van der Waals surface area contributed by atoms with Crippen LogP contribution in [0.15, 0.2) is 77.9 Å². The highest BCUT2D eigenvalue weighted by atomic mass is 16.5. The summed E-state index contributed by atoms with van der Waals surface area (Å²) in [7, 11) is 1.55. The summed E-state index contributed by atoms with van der Waals surface area (Å²) >= 11 is 0. The molecule has 184 valence electrons. The summed E-state index contributed by atoms with van der Waals surface area (Å²) < 4.78 is 11.0. The van der Waals surface area contributed by atoms with E-state index in [1.807, 2.05) is 38.1 Å². The fourth-order valence-electron chi connectivity index (χ4n) is 3.37. The number of para-hydroxylation sites is 1. The van der Waals surface area contributed by atoms with E-state index in [0.29, 0.717) is 28.2 Å². The van der Waals surface area contributed by atoms with E-state index >= 15 is 0 Å². The Hall–Kier alpha value is -4.64. The van der Waals surface area contributed by atoms with Crippen LogP contribution in [0.2, 0.25) is 0 Å². The van der Waals surface area contributed by atoms with E-state index in [1.54, 1.807) is 55.6 Å². The zero-order chi connectivity index (χ0) is 25.9. The second-order valence-corrected chi connectivity index (χ2v) is 8.25. The highest BCUT2D eigenvalue weighted by Gasteiger charge is 2.24. The molecule has 0 heterocycles. The second kappa shape index (κ2) is 12.7. The molecule has 0 fully saturated rings. The highest BCUT2D eigenvalue weighted by molar-refractivity contribution is 5.97. The molecule has 0 aliphatic carbocycles. The first-order chi connectivity index (χ1) is 17.4. The highest BCUT2D eigenvalue weighted by Crippen LogP contribution is 2.19. The van der Waals surface area contributed by atoms with Crippen LogP contribution in [0.3, 0.4) is 0 Å². The third-order valence-electron chi connectivity index (χ3n) is 5.41. The number of rotatable bonds is 10. The molecule has 0 radical (unpaired) electrons. The van der Waals surface area contributed by atoms with E-state index in [9.17, 15) is 14.9 Å². The van der Waals surface area contributed by atoms with E-state index in [-0.39, 0.29) is 18.4 Å². The van der Waals surface area contributed by atoms with Crippen molar-refractivity contribution < 1.29 is 19.1 Å². The van der Waals surface area contributed by atoms with Crippen molar-refractivity contribution in [2.75, 3.05) is 7.11 Å². The summed E-state index contributed by atoms with van der Waals surface area (Å²) in [6.07, 6.45) is 1.48. The fourth-order valence-corrected chi connectivity index (χ4v) is 3.37. The van der Waals surface area contributed by atoms with Crippen LogP contribution in [-0.2, 0) is 11.4 Å². The molecule has 2 amide bonds. The Morgan fingerprint density at radius 3 is 2.42 bits per heavy atom. The molecule has 3 aromatic carbocycles. The first-order valence-corrected chi connectivity index (χ1v) is 11.4. The maximum Gasteiger partial charge on any atom is 0.262 e. The summed E-state index contributed by atoms with van der Waals surface area (Å²) in [4.78, 5) is 25.4. The van der Waals surface area contributed by atoms with E-state index in [4.69, 9.17) is 9.47 Å². The first kappa shape index (κ1) is 26.0. The Morgan fingerprint density at radius 2 is 1.72 bits per heavy atom. The van der Waals surface area contributed by atoms with E-state index in [1.165, 1.54) is 6.21 Å². The SMILES string of the molecule is COc1ccc(C(=O)NC(C(=O)NN=Cc2ccccc2OCc2ccccc2C#N)C(C)C)cc1. The van der Waals surface area contributed by atoms with E-state index < -0.39 is 11.9 Å². The molecule has 0 saturated carbocycles. The van der Waals surface area contributed by atoms with Gasteiger partial charge in [-0.2, -0.15) is 10.4 Å². The van der Waals surface area contributed by atoms with Crippen molar-refractivity contribution in [1.29, 1.82) is 5.26 Å². The Bertz CT molecular complexity index is 1260. The van der Waals surface area contributed by atoms with E-state index in [0.717, 1.165) is 5.56 Å². The van der Waals surface area contributed by atoms with Crippen molar-refractivity contribution in [2.45, 2.75) is 26.5 Å². The van der Waals surface area contributed by atoms with Gasteiger partial charge in [0, 0.05) is 16.7 Å². The lowest BCUT2D eigenvalue weighted by Gasteiger charge is -2.20. The largest absolute Gasteiger partial charge is 0.497 e. The molecule has 2 N–H and O–H groups in total. The molecule has 36 heavy (non-hydrogen) atoms. The number of carbonyl (C=O) groups is 2. The number of hydrazone groups is 1. The third-order valence-corrected chi connectivity index (χ3v) is 5.41. The second-order valence-electron chi connectivity index (χ2n) is 8.25. The van der Waals surface area contributed by atoms with Crippen molar-refractivity contribution >= 4 is 18.0 Å². The van der Waals surface area contributed by atoms with Gasteiger partial charge in [0.05, 0.1) is 25.0 Å². The van der Waals surface area contributed by atoms with Gasteiger partial charge >= 0.3 is 0 Å². The zero-order valence-corrected chi connectivity index (χ0v) is 20.4. The topological polar surface area (TPSA) is 113 Å². The van der Waals surface area contributed by atoms with Gasteiger partial charge in [0.25, 0.3) is 11.8 Å². The number of amides is 2. The monoisotopic (exact) mass is 484 g/mol. The summed E-state index contributed by atoms with van der Waals surface area (Å²) in [5, 5.41) is 16.1. The van der Waals surface area contributed by atoms with E-state index in [2.05, 4.69) is 21.9 Å². The number of nitrogens with zero attached hydrogens (tertiary/aromatic N) is 2. The number of benzene rings is 3. The van der Waals surface area contributed by atoms with Crippen molar-refractivity contribution in [3.05, 3.63) is 95.1 Å². The smallest absolute Gasteiger partial charge is 0.262 e. The summed E-state index contributed by atoms with van der Waals surface area (Å²) in [5.74, 6) is 0.212. The van der Waals surface area contributed by atoms with Crippen LogP contribution in [-0.4, -0.2) is 31.2 Å². The summed E-state index contributed by atoms with van der Waals surface area (Å²) in [6, 6.07) is 22.4. The molecule has 0 saturated heterocycles. The standard InChI is InChI=1S/C28H28N4O4/c1-19(2)26(31-27(33)20-12-14-24(35-3)15-13-20)28(34)32-30-17-22-9-6-7-11-25(22)36-18-23-10-5-4-8-21(23)16-29/h4-15,17,19,26H,18H2,1-3H3,(H,31,33)(H,32,34). The molecule has 8 heteroatoms. The number of ether oxygens (including phenoxy) is 2. The van der Waals surface area contributed by atoms with Crippen LogP contribution in [0, 0.1) is 17.2 Å². The van der Waals surface area contributed by atoms with Crippen LogP contribution in [0.5, 0.6) is 11.5 Å². The van der Waals surface area contributed by atoms with Gasteiger partial charge in [0.15, 0.2) is 0 Å². The predicted octanol–water partition coefficient (Wildman–Crippen LogP) is 4.05. The molecule has 0 spiro atoms. The van der Waals surface area contributed by atoms with Gasteiger partial charge in [0.2, 0.25) is 0 Å². The molecular weight excluding hydrogens is 456 g/mol. The summed E-state index contributed by atoms with van der Waals surface area (Å²) in [5.41, 5.74) is 4.89. The Balaban J connectivity index is 1.63. The molecule has 0 aliphatic heterocycles. The van der Waals surface area contributed by atoms with Crippen LogP contribution in [0.1, 0.15) is 40.9 Å². The van der Waals surface area contributed by atoms with Crippen molar-refractivity contribution in [2.24, 2.45) is 11.0 Å². The molecule has 3 rings (SSSR count). The molecule has 0 aromatic heterocycles. The van der Waals surface area contributed by atoms with Crippen LogP contribution < -0.4 is 20.2 Å². The average molecular weight is 485 g/mol. The van der Waals surface area contributed by atoms with Gasteiger partial charge in [-0.25, -0.2) is 5.43 Å². The van der Waals surface area contributed by atoms with Crippen LogP contribution >= 0.6 is 0 Å². The maximum atomic E-state index is 12.8. The lowest BCUT2D eigenvalue weighted by molar-refractivity contribution is -0.123. The minimum absolute atomic E-state index is 0.168. The van der Waals surface area contributed by atoms with Crippen molar-refractivity contribution in [3.63, 3.8) is 0 Å². The quantitative estimate of drug-likeness (QED) is 0.333. The third kappa shape index (κ3) is 6.93. The molecule has 1 atom stereocenters. The van der Waals surface area contributed by atoms with Gasteiger partial charge in [-0.15, -0.1) is 0 Å². The normalized spacial score (nSPS) is 11.5. The van der Waals surface area contributed by atoms with Gasteiger partial charge in [-0.1, -0.05) is 44.2 Å². The average Bonchev–Trinajstić information content (AvgIpc) is 2.90. The number of methoxy groups -OCH3 is 1. The van der Waals surface area contributed by atoms with Gasteiger partial charge in [-0.3, -0.25) is 9.59 Å².